The second-order valence-corrected chi connectivity index (χ2v) is 7.82. The number of rotatable bonds is 5. The Balaban J connectivity index is 1.50. The van der Waals surface area contributed by atoms with Crippen LogP contribution in [0.2, 0.25) is 0 Å². The summed E-state index contributed by atoms with van der Waals surface area (Å²) in [7, 11) is 0. The minimum atomic E-state index is -0.244. The zero-order valence-corrected chi connectivity index (χ0v) is 15.5. The third kappa shape index (κ3) is 4.57. The molecule has 25 heavy (non-hydrogen) atoms. The Morgan fingerprint density at radius 2 is 2.12 bits per heavy atom. The van der Waals surface area contributed by atoms with E-state index in [9.17, 15) is 9.90 Å². The summed E-state index contributed by atoms with van der Waals surface area (Å²) in [5, 5.41) is 13.5. The molecule has 2 N–H and O–H groups in total. The first-order chi connectivity index (χ1) is 12.0. The number of aryl methyl sites for hydroxylation is 2. The number of nitrogens with zero attached hydrogens (tertiary/aromatic N) is 1. The van der Waals surface area contributed by atoms with Crippen molar-refractivity contribution >= 4 is 6.03 Å². The number of carbonyl (C=O) groups excluding carboxylic acids is 1. The molecule has 3 rings (SSSR count). The highest BCUT2D eigenvalue weighted by molar-refractivity contribution is 5.75. The summed E-state index contributed by atoms with van der Waals surface area (Å²) in [4.78, 5) is 14.7. The van der Waals surface area contributed by atoms with Crippen LogP contribution in [0, 0.1) is 12.8 Å². The molecule has 5 nitrogen and oxygen atoms in total. The lowest BCUT2D eigenvalue weighted by atomic mass is 9.80. The molecule has 140 valence electrons. The molecule has 0 spiro atoms. The second kappa shape index (κ2) is 8.26. The van der Waals surface area contributed by atoms with Crippen molar-refractivity contribution in [2.24, 2.45) is 5.92 Å². The highest BCUT2D eigenvalue weighted by Crippen LogP contribution is 2.34. The van der Waals surface area contributed by atoms with Gasteiger partial charge in [-0.25, -0.2) is 4.79 Å². The van der Waals surface area contributed by atoms with Crippen LogP contribution >= 0.6 is 0 Å². The van der Waals surface area contributed by atoms with E-state index in [-0.39, 0.29) is 30.1 Å². The molecule has 1 saturated heterocycles. The summed E-state index contributed by atoms with van der Waals surface area (Å²) in [6.45, 7) is 4.81. The lowest BCUT2D eigenvalue weighted by Crippen LogP contribution is -2.50. The predicted octanol–water partition coefficient (Wildman–Crippen LogP) is 3.63. The van der Waals surface area contributed by atoms with E-state index in [1.165, 1.54) is 6.42 Å². The first-order valence-corrected chi connectivity index (χ1v) is 9.85. The first-order valence-electron chi connectivity index (χ1n) is 9.85. The van der Waals surface area contributed by atoms with Gasteiger partial charge in [-0.3, -0.25) is 0 Å². The first kappa shape index (κ1) is 18.3. The van der Waals surface area contributed by atoms with Crippen LogP contribution in [-0.4, -0.2) is 40.8 Å². The predicted molar refractivity (Wildman–Crippen MR) is 97.5 cm³/mol. The van der Waals surface area contributed by atoms with Gasteiger partial charge in [-0.2, -0.15) is 0 Å². The molecule has 1 aliphatic carbocycles. The molecule has 0 radical (unpaired) electrons. The summed E-state index contributed by atoms with van der Waals surface area (Å²) < 4.78 is 5.60. The minimum Gasteiger partial charge on any atom is -0.466 e. The van der Waals surface area contributed by atoms with Crippen molar-refractivity contribution in [3.63, 3.8) is 0 Å². The fraction of sp³-hybridized carbons (Fsp3) is 0.750. The van der Waals surface area contributed by atoms with Crippen LogP contribution < -0.4 is 5.32 Å². The van der Waals surface area contributed by atoms with Gasteiger partial charge in [-0.05, 0) is 58.1 Å². The van der Waals surface area contributed by atoms with Gasteiger partial charge < -0.3 is 19.7 Å². The highest BCUT2D eigenvalue weighted by Gasteiger charge is 2.39. The van der Waals surface area contributed by atoms with Gasteiger partial charge in [0.15, 0.2) is 0 Å². The molecule has 1 aliphatic heterocycles. The van der Waals surface area contributed by atoms with Gasteiger partial charge in [-0.15, -0.1) is 0 Å². The maximum atomic E-state index is 12.7. The van der Waals surface area contributed by atoms with Gasteiger partial charge in [0.2, 0.25) is 0 Å². The Kier molecular flexibility index (Phi) is 6.05. The molecule has 0 aromatic carbocycles. The van der Waals surface area contributed by atoms with Crippen LogP contribution in [0.5, 0.6) is 0 Å². The Bertz CT molecular complexity index is 571. The molecule has 1 aromatic heterocycles. The van der Waals surface area contributed by atoms with Gasteiger partial charge >= 0.3 is 6.03 Å². The van der Waals surface area contributed by atoms with E-state index in [1.807, 2.05) is 30.9 Å². The molecule has 4 atom stereocenters. The van der Waals surface area contributed by atoms with Crippen LogP contribution in [-0.2, 0) is 6.42 Å². The average molecular weight is 348 g/mol. The fourth-order valence-corrected chi connectivity index (χ4v) is 4.42. The Hall–Kier alpha value is -1.49. The van der Waals surface area contributed by atoms with Crippen LogP contribution in [0.1, 0.15) is 63.4 Å². The number of urea groups is 1. The summed E-state index contributed by atoms with van der Waals surface area (Å²) in [5.41, 5.74) is 0. The van der Waals surface area contributed by atoms with Gasteiger partial charge in [0, 0.05) is 31.0 Å². The third-order valence-corrected chi connectivity index (χ3v) is 5.83. The average Bonchev–Trinajstić information content (AvgIpc) is 3.22. The van der Waals surface area contributed by atoms with Crippen molar-refractivity contribution in [1.29, 1.82) is 0 Å². The Labute approximate surface area is 150 Å². The summed E-state index contributed by atoms with van der Waals surface area (Å²) >= 11 is 0. The lowest BCUT2D eigenvalue weighted by molar-refractivity contribution is 0.0304. The number of furan rings is 1. The fourth-order valence-electron chi connectivity index (χ4n) is 4.42. The van der Waals surface area contributed by atoms with E-state index < -0.39 is 0 Å². The van der Waals surface area contributed by atoms with Crippen molar-refractivity contribution in [3.8, 4) is 0 Å². The summed E-state index contributed by atoms with van der Waals surface area (Å²) in [5.74, 6) is 2.16. The van der Waals surface area contributed by atoms with E-state index in [0.29, 0.717) is 0 Å². The molecule has 2 aliphatic rings. The van der Waals surface area contributed by atoms with Crippen LogP contribution in [0.15, 0.2) is 16.5 Å². The largest absolute Gasteiger partial charge is 0.466 e. The number of amides is 2. The lowest BCUT2D eigenvalue weighted by Gasteiger charge is -2.37. The molecular weight excluding hydrogens is 316 g/mol. The molecule has 0 unspecified atom stereocenters. The number of nitrogens with one attached hydrogen (secondary N) is 1. The SMILES string of the molecule is Cc1ccc(CC[C@H](C)NC(=O)N2CCC[C@@H]2[C@@H]2CCCC[C@@H]2O)o1. The van der Waals surface area contributed by atoms with Crippen LogP contribution in [0.25, 0.3) is 0 Å². The Morgan fingerprint density at radius 3 is 2.84 bits per heavy atom. The molecule has 0 bridgehead atoms. The number of carbonyl (C=O) groups is 1. The second-order valence-electron chi connectivity index (χ2n) is 7.82. The van der Waals surface area contributed by atoms with E-state index in [4.69, 9.17) is 4.42 Å². The van der Waals surface area contributed by atoms with E-state index in [0.717, 1.165) is 63.0 Å². The van der Waals surface area contributed by atoms with E-state index in [1.54, 1.807) is 0 Å². The van der Waals surface area contributed by atoms with Gasteiger partial charge in [-0.1, -0.05) is 12.8 Å². The van der Waals surface area contributed by atoms with Crippen LogP contribution in [0.3, 0.4) is 0 Å². The Morgan fingerprint density at radius 1 is 1.32 bits per heavy atom. The van der Waals surface area contributed by atoms with Crippen molar-refractivity contribution in [1.82, 2.24) is 10.2 Å². The van der Waals surface area contributed by atoms with Gasteiger partial charge in [0.25, 0.3) is 0 Å². The third-order valence-electron chi connectivity index (χ3n) is 5.83. The zero-order valence-electron chi connectivity index (χ0n) is 15.5. The van der Waals surface area contributed by atoms with Crippen molar-refractivity contribution in [2.45, 2.75) is 83.4 Å². The topological polar surface area (TPSA) is 65.7 Å². The number of hydrogen-bond donors (Lipinski definition) is 2. The van der Waals surface area contributed by atoms with Crippen molar-refractivity contribution in [3.05, 3.63) is 23.7 Å². The quantitative estimate of drug-likeness (QED) is 0.854. The molecular formula is C20H32N2O3. The van der Waals surface area contributed by atoms with Gasteiger partial charge in [0.05, 0.1) is 6.10 Å². The summed E-state index contributed by atoms with van der Waals surface area (Å²) in [6.07, 6.45) is 7.73. The molecule has 2 heterocycles. The molecule has 5 heteroatoms. The normalized spacial score (nSPS) is 28.1. The molecule has 1 saturated carbocycles. The number of likely N-dealkylation sites (tertiary alicyclic amines) is 1. The standard InChI is InChI=1S/C20H32N2O3/c1-14(9-11-16-12-10-15(2)25-16)21-20(24)22-13-5-7-18(22)17-6-3-4-8-19(17)23/h10,12,14,17-19,23H,3-9,11,13H2,1-2H3,(H,21,24)/t14-,17-,18+,19-/m0/s1. The highest BCUT2D eigenvalue weighted by atomic mass is 16.3. The maximum absolute atomic E-state index is 12.7. The number of hydrogen-bond acceptors (Lipinski definition) is 3. The number of aliphatic hydroxyl groups excluding tert-OH is 1. The number of aliphatic hydroxyl groups is 1. The zero-order chi connectivity index (χ0) is 17.8. The van der Waals surface area contributed by atoms with E-state index in [2.05, 4.69) is 5.32 Å². The van der Waals surface area contributed by atoms with Gasteiger partial charge in [0.1, 0.15) is 11.5 Å². The summed E-state index contributed by atoms with van der Waals surface area (Å²) in [6, 6.07) is 4.32. The van der Waals surface area contributed by atoms with E-state index >= 15 is 0 Å². The van der Waals surface area contributed by atoms with Crippen LogP contribution in [0.4, 0.5) is 4.79 Å². The van der Waals surface area contributed by atoms with Crippen molar-refractivity contribution in [2.75, 3.05) is 6.54 Å². The molecule has 2 amide bonds. The smallest absolute Gasteiger partial charge is 0.317 e. The monoisotopic (exact) mass is 348 g/mol. The minimum absolute atomic E-state index is 0.0309. The van der Waals surface area contributed by atoms with Crippen molar-refractivity contribution < 1.29 is 14.3 Å². The maximum Gasteiger partial charge on any atom is 0.317 e. The molecule has 1 aromatic rings. The molecule has 2 fully saturated rings.